The van der Waals surface area contributed by atoms with Crippen LogP contribution in [-0.4, -0.2) is 28.3 Å². The number of nitrogens with one attached hydrogen (secondary N) is 3. The maximum atomic E-state index is 11.9. The van der Waals surface area contributed by atoms with E-state index in [1.807, 2.05) is 30.5 Å². The highest BCUT2D eigenvalue weighted by atomic mass is 16.2. The zero-order valence-corrected chi connectivity index (χ0v) is 11.7. The van der Waals surface area contributed by atoms with Crippen molar-refractivity contribution in [3.05, 3.63) is 60.6 Å². The summed E-state index contributed by atoms with van der Waals surface area (Å²) in [5.41, 5.74) is 2.04. The van der Waals surface area contributed by atoms with E-state index in [0.717, 1.165) is 10.9 Å². The van der Waals surface area contributed by atoms with E-state index in [-0.39, 0.29) is 18.4 Å². The Kier molecular flexibility index (Phi) is 3.82. The van der Waals surface area contributed by atoms with Gasteiger partial charge in [0.15, 0.2) is 0 Å². The smallest absolute Gasteiger partial charge is 0.253 e. The highest BCUT2D eigenvalue weighted by molar-refractivity contribution is 5.99. The number of pyridine rings is 1. The van der Waals surface area contributed by atoms with Gasteiger partial charge in [0.1, 0.15) is 0 Å². The largest absolute Gasteiger partial charge is 0.361 e. The van der Waals surface area contributed by atoms with Crippen molar-refractivity contribution in [2.75, 3.05) is 11.9 Å². The number of nitrogens with zero attached hydrogens (tertiary/aromatic N) is 1. The molecule has 0 aliphatic carbocycles. The molecule has 3 aromatic rings. The second kappa shape index (κ2) is 6.09. The van der Waals surface area contributed by atoms with Crippen LogP contribution in [0.2, 0.25) is 0 Å². The van der Waals surface area contributed by atoms with Gasteiger partial charge in [0.25, 0.3) is 5.91 Å². The number of carbonyl (C=O) groups excluding carboxylic acids is 2. The van der Waals surface area contributed by atoms with Gasteiger partial charge in [-0.05, 0) is 35.7 Å². The SMILES string of the molecule is O=C(CNC(=O)c1cccnc1)Nc1ccc2cc[nH]c2c1. The second-order valence-electron chi connectivity index (χ2n) is 4.75. The van der Waals surface area contributed by atoms with Crippen LogP contribution in [0.3, 0.4) is 0 Å². The molecule has 1 aromatic carbocycles. The molecule has 22 heavy (non-hydrogen) atoms. The Morgan fingerprint density at radius 3 is 2.91 bits per heavy atom. The third-order valence-corrected chi connectivity index (χ3v) is 3.17. The van der Waals surface area contributed by atoms with Gasteiger partial charge in [-0.3, -0.25) is 14.6 Å². The molecule has 0 aliphatic heterocycles. The third kappa shape index (κ3) is 3.12. The number of carbonyl (C=O) groups is 2. The van der Waals surface area contributed by atoms with Gasteiger partial charge in [-0.15, -0.1) is 0 Å². The van der Waals surface area contributed by atoms with E-state index >= 15 is 0 Å². The van der Waals surface area contributed by atoms with Gasteiger partial charge < -0.3 is 15.6 Å². The van der Waals surface area contributed by atoms with E-state index < -0.39 is 0 Å². The van der Waals surface area contributed by atoms with E-state index in [2.05, 4.69) is 20.6 Å². The van der Waals surface area contributed by atoms with E-state index in [0.29, 0.717) is 11.3 Å². The Labute approximate surface area is 126 Å². The topological polar surface area (TPSA) is 86.9 Å². The molecule has 2 amide bonds. The average Bonchev–Trinajstić information content (AvgIpc) is 3.01. The number of amides is 2. The summed E-state index contributed by atoms with van der Waals surface area (Å²) < 4.78 is 0. The molecule has 0 bridgehead atoms. The molecule has 6 heteroatoms. The fourth-order valence-electron chi connectivity index (χ4n) is 2.09. The summed E-state index contributed by atoms with van der Waals surface area (Å²) in [7, 11) is 0. The lowest BCUT2D eigenvalue weighted by Crippen LogP contribution is -2.32. The van der Waals surface area contributed by atoms with Crippen LogP contribution < -0.4 is 10.6 Å². The van der Waals surface area contributed by atoms with Gasteiger partial charge in [-0.1, -0.05) is 6.07 Å². The number of H-pyrrole nitrogens is 1. The van der Waals surface area contributed by atoms with Crippen LogP contribution in [0.1, 0.15) is 10.4 Å². The van der Waals surface area contributed by atoms with Crippen molar-refractivity contribution in [1.29, 1.82) is 0 Å². The van der Waals surface area contributed by atoms with Crippen LogP contribution in [0.5, 0.6) is 0 Å². The van der Waals surface area contributed by atoms with Crippen molar-refractivity contribution in [3.63, 3.8) is 0 Å². The average molecular weight is 294 g/mol. The standard InChI is InChI=1S/C16H14N4O2/c21-15(10-19-16(22)12-2-1-6-17-9-12)20-13-4-3-11-5-7-18-14(11)8-13/h1-9,18H,10H2,(H,19,22)(H,20,21). The van der Waals surface area contributed by atoms with Crippen LogP contribution in [0.15, 0.2) is 55.0 Å². The highest BCUT2D eigenvalue weighted by Crippen LogP contribution is 2.17. The van der Waals surface area contributed by atoms with E-state index in [1.54, 1.807) is 18.3 Å². The Balaban J connectivity index is 1.57. The van der Waals surface area contributed by atoms with Crippen molar-refractivity contribution in [2.45, 2.75) is 0 Å². The zero-order valence-electron chi connectivity index (χ0n) is 11.7. The maximum Gasteiger partial charge on any atom is 0.253 e. The number of hydrogen-bond donors (Lipinski definition) is 3. The van der Waals surface area contributed by atoms with Gasteiger partial charge in [-0.25, -0.2) is 0 Å². The van der Waals surface area contributed by atoms with Crippen LogP contribution in [0.25, 0.3) is 10.9 Å². The molecule has 2 aromatic heterocycles. The molecular formula is C16H14N4O2. The lowest BCUT2D eigenvalue weighted by Gasteiger charge is -2.07. The van der Waals surface area contributed by atoms with E-state index in [9.17, 15) is 9.59 Å². The fourth-order valence-corrected chi connectivity index (χ4v) is 2.09. The van der Waals surface area contributed by atoms with E-state index in [1.165, 1.54) is 6.20 Å². The third-order valence-electron chi connectivity index (χ3n) is 3.17. The normalized spacial score (nSPS) is 10.4. The van der Waals surface area contributed by atoms with Crippen molar-refractivity contribution in [2.24, 2.45) is 0 Å². The minimum absolute atomic E-state index is 0.101. The summed E-state index contributed by atoms with van der Waals surface area (Å²) in [6.45, 7) is -0.101. The number of hydrogen-bond acceptors (Lipinski definition) is 3. The molecule has 0 atom stereocenters. The predicted octanol–water partition coefficient (Wildman–Crippen LogP) is 1.93. The van der Waals surface area contributed by atoms with Crippen molar-refractivity contribution in [3.8, 4) is 0 Å². The number of anilines is 1. The minimum atomic E-state index is -0.330. The van der Waals surface area contributed by atoms with Gasteiger partial charge >= 0.3 is 0 Å². The molecule has 0 saturated carbocycles. The minimum Gasteiger partial charge on any atom is -0.361 e. The second-order valence-corrected chi connectivity index (χ2v) is 4.75. The monoisotopic (exact) mass is 294 g/mol. The summed E-state index contributed by atoms with van der Waals surface area (Å²) in [6.07, 6.45) is 4.87. The Hall–Kier alpha value is -3.15. The predicted molar refractivity (Wildman–Crippen MR) is 83.5 cm³/mol. The van der Waals surface area contributed by atoms with E-state index in [4.69, 9.17) is 0 Å². The zero-order chi connectivity index (χ0) is 15.4. The molecule has 3 N–H and O–H groups in total. The van der Waals surface area contributed by atoms with Gasteiger partial charge in [0.2, 0.25) is 5.91 Å². The lowest BCUT2D eigenvalue weighted by atomic mass is 10.2. The number of aromatic nitrogens is 2. The first-order chi connectivity index (χ1) is 10.7. The number of benzene rings is 1. The highest BCUT2D eigenvalue weighted by Gasteiger charge is 2.08. The number of rotatable bonds is 4. The van der Waals surface area contributed by atoms with Crippen LogP contribution in [0.4, 0.5) is 5.69 Å². The molecule has 110 valence electrons. The molecule has 0 aliphatic rings. The molecule has 0 radical (unpaired) electrons. The quantitative estimate of drug-likeness (QED) is 0.687. The van der Waals surface area contributed by atoms with Crippen LogP contribution in [-0.2, 0) is 4.79 Å². The van der Waals surface area contributed by atoms with Crippen LogP contribution >= 0.6 is 0 Å². The Morgan fingerprint density at radius 2 is 2.09 bits per heavy atom. The Bertz CT molecular complexity index is 811. The molecular weight excluding hydrogens is 280 g/mol. The van der Waals surface area contributed by atoms with Crippen molar-refractivity contribution < 1.29 is 9.59 Å². The number of aromatic amines is 1. The first kappa shape index (κ1) is 13.8. The molecule has 0 unspecified atom stereocenters. The molecule has 6 nitrogen and oxygen atoms in total. The molecule has 0 saturated heterocycles. The first-order valence-electron chi connectivity index (χ1n) is 6.77. The number of fused-ring (bicyclic) bond motifs is 1. The molecule has 0 fully saturated rings. The first-order valence-corrected chi connectivity index (χ1v) is 6.77. The fraction of sp³-hybridized carbons (Fsp3) is 0.0625. The molecule has 2 heterocycles. The maximum absolute atomic E-state index is 11.9. The summed E-state index contributed by atoms with van der Waals surface area (Å²) in [5.74, 6) is -0.619. The van der Waals surface area contributed by atoms with Gasteiger partial charge in [-0.2, -0.15) is 0 Å². The lowest BCUT2D eigenvalue weighted by molar-refractivity contribution is -0.115. The van der Waals surface area contributed by atoms with Crippen molar-refractivity contribution >= 4 is 28.4 Å². The summed E-state index contributed by atoms with van der Waals surface area (Å²) >= 11 is 0. The molecule has 3 rings (SSSR count). The summed E-state index contributed by atoms with van der Waals surface area (Å²) in [5, 5.41) is 6.37. The van der Waals surface area contributed by atoms with Crippen molar-refractivity contribution in [1.82, 2.24) is 15.3 Å². The summed E-state index contributed by atoms with van der Waals surface area (Å²) in [6, 6.07) is 10.8. The van der Waals surface area contributed by atoms with Gasteiger partial charge in [0.05, 0.1) is 12.1 Å². The Morgan fingerprint density at radius 1 is 1.18 bits per heavy atom. The van der Waals surface area contributed by atoms with Gasteiger partial charge in [0, 0.05) is 29.8 Å². The molecule has 0 spiro atoms. The van der Waals surface area contributed by atoms with Crippen LogP contribution in [0, 0.1) is 0 Å². The summed E-state index contributed by atoms with van der Waals surface area (Å²) in [4.78, 5) is 30.6.